The van der Waals surface area contributed by atoms with E-state index in [0.29, 0.717) is 19.5 Å². The van der Waals surface area contributed by atoms with Gasteiger partial charge in [-0.3, -0.25) is 19.4 Å². The van der Waals surface area contributed by atoms with Crippen molar-refractivity contribution in [3.63, 3.8) is 0 Å². The van der Waals surface area contributed by atoms with Gasteiger partial charge in [-0.05, 0) is 25.5 Å². The first-order chi connectivity index (χ1) is 11.5. The summed E-state index contributed by atoms with van der Waals surface area (Å²) in [6, 6.07) is 3.92. The van der Waals surface area contributed by atoms with Crippen molar-refractivity contribution >= 4 is 23.3 Å². The Bertz CT molecular complexity index is 640. The van der Waals surface area contributed by atoms with E-state index in [1.54, 1.807) is 13.1 Å². The molecule has 2 fully saturated rings. The largest absolute Gasteiger partial charge is 0.367 e. The molecule has 24 heavy (non-hydrogen) atoms. The van der Waals surface area contributed by atoms with Gasteiger partial charge in [0, 0.05) is 38.8 Å². The maximum absolute atomic E-state index is 12.4. The molecular formula is C17H22N4O3. The Kier molecular flexibility index (Phi) is 4.51. The number of ketones is 1. The molecule has 2 saturated heterocycles. The van der Waals surface area contributed by atoms with Crippen LogP contribution in [0.25, 0.3) is 0 Å². The van der Waals surface area contributed by atoms with E-state index in [1.807, 2.05) is 23.2 Å². The van der Waals surface area contributed by atoms with E-state index in [0.717, 1.165) is 18.8 Å². The normalized spacial score (nSPS) is 24.2. The molecule has 1 N–H and O–H groups in total. The molecule has 0 bridgehead atoms. The summed E-state index contributed by atoms with van der Waals surface area (Å²) < 4.78 is 0. The second-order valence-corrected chi connectivity index (χ2v) is 6.56. The average molecular weight is 330 g/mol. The first kappa shape index (κ1) is 16.4. The molecular weight excluding hydrogens is 308 g/mol. The zero-order valence-electron chi connectivity index (χ0n) is 13.8. The number of hydrogen-bond acceptors (Lipinski definition) is 5. The van der Waals surface area contributed by atoms with Crippen molar-refractivity contribution in [2.75, 3.05) is 31.1 Å². The van der Waals surface area contributed by atoms with Crippen LogP contribution in [0.2, 0.25) is 0 Å². The Morgan fingerprint density at radius 2 is 2.04 bits per heavy atom. The fraction of sp³-hybridized carbons (Fsp3) is 0.529. The van der Waals surface area contributed by atoms with Crippen molar-refractivity contribution in [1.82, 2.24) is 15.2 Å². The number of carbonyl (C=O) groups excluding carboxylic acids is 3. The smallest absolute Gasteiger partial charge is 0.228 e. The van der Waals surface area contributed by atoms with E-state index >= 15 is 0 Å². The fourth-order valence-corrected chi connectivity index (χ4v) is 3.23. The third-order valence-corrected chi connectivity index (χ3v) is 4.83. The van der Waals surface area contributed by atoms with Gasteiger partial charge in [0.05, 0.1) is 23.8 Å². The Balaban J connectivity index is 1.49. The minimum atomic E-state index is -0.885. The van der Waals surface area contributed by atoms with Crippen molar-refractivity contribution in [3.8, 4) is 0 Å². The van der Waals surface area contributed by atoms with Gasteiger partial charge in [0.25, 0.3) is 0 Å². The van der Waals surface area contributed by atoms with Crippen molar-refractivity contribution in [2.45, 2.75) is 31.7 Å². The molecule has 7 heteroatoms. The van der Waals surface area contributed by atoms with Crippen LogP contribution in [-0.2, 0) is 14.4 Å². The summed E-state index contributed by atoms with van der Waals surface area (Å²) in [5, 5.41) is 2.69. The summed E-state index contributed by atoms with van der Waals surface area (Å²) in [5.74, 6) is -0.335. The number of amides is 2. The molecule has 0 spiro atoms. The molecule has 3 rings (SSSR count). The molecule has 0 saturated carbocycles. The zero-order chi connectivity index (χ0) is 17.2. The third kappa shape index (κ3) is 3.39. The molecule has 128 valence electrons. The molecule has 3 heterocycles. The monoisotopic (exact) mass is 330 g/mol. The molecule has 0 aliphatic carbocycles. The Hall–Kier alpha value is -2.44. The van der Waals surface area contributed by atoms with Gasteiger partial charge in [-0.25, -0.2) is 0 Å². The predicted octanol–water partition coefficient (Wildman–Crippen LogP) is 0.358. The lowest BCUT2D eigenvalue weighted by Gasteiger charge is -2.36. The quantitative estimate of drug-likeness (QED) is 0.806. The van der Waals surface area contributed by atoms with Crippen LogP contribution >= 0.6 is 0 Å². The topological polar surface area (TPSA) is 82.6 Å². The van der Waals surface area contributed by atoms with Crippen LogP contribution in [0, 0.1) is 0 Å². The van der Waals surface area contributed by atoms with Crippen LogP contribution in [0.3, 0.4) is 0 Å². The van der Waals surface area contributed by atoms with Crippen LogP contribution in [-0.4, -0.2) is 59.2 Å². The third-order valence-electron chi connectivity index (χ3n) is 4.83. The highest BCUT2D eigenvalue weighted by Crippen LogP contribution is 2.22. The summed E-state index contributed by atoms with van der Waals surface area (Å²) in [6.07, 6.45) is 4.13. The van der Waals surface area contributed by atoms with E-state index in [9.17, 15) is 14.4 Å². The van der Waals surface area contributed by atoms with Crippen molar-refractivity contribution in [2.24, 2.45) is 0 Å². The highest BCUT2D eigenvalue weighted by Gasteiger charge is 2.41. The van der Waals surface area contributed by atoms with Gasteiger partial charge < -0.3 is 15.1 Å². The predicted molar refractivity (Wildman–Crippen MR) is 88.4 cm³/mol. The number of nitrogens with zero attached hydrogens (tertiary/aromatic N) is 3. The van der Waals surface area contributed by atoms with E-state index in [4.69, 9.17) is 0 Å². The van der Waals surface area contributed by atoms with Gasteiger partial charge in [-0.2, -0.15) is 0 Å². The fourth-order valence-electron chi connectivity index (χ4n) is 3.23. The number of Topliss-reactive ketones (excluding diaryl/α,β-unsaturated/α-hetero) is 1. The summed E-state index contributed by atoms with van der Waals surface area (Å²) in [5.41, 5.74) is 0.181. The Labute approximate surface area is 141 Å². The number of rotatable bonds is 4. The van der Waals surface area contributed by atoms with E-state index in [2.05, 4.69) is 15.2 Å². The van der Waals surface area contributed by atoms with E-state index in [-0.39, 0.29) is 30.4 Å². The molecule has 2 aliphatic rings. The molecule has 1 atom stereocenters. The number of hydrogen-bond donors (Lipinski definition) is 1. The van der Waals surface area contributed by atoms with Gasteiger partial charge in [-0.1, -0.05) is 0 Å². The van der Waals surface area contributed by atoms with Gasteiger partial charge in [-0.15, -0.1) is 0 Å². The van der Waals surface area contributed by atoms with Crippen LogP contribution in [0.1, 0.15) is 26.2 Å². The highest BCUT2D eigenvalue weighted by atomic mass is 16.2. The summed E-state index contributed by atoms with van der Waals surface area (Å²) in [6.45, 7) is 4.55. The highest BCUT2D eigenvalue weighted by molar-refractivity contribution is 6.10. The lowest BCUT2D eigenvalue weighted by Crippen LogP contribution is -2.50. The van der Waals surface area contributed by atoms with Crippen molar-refractivity contribution in [1.29, 1.82) is 0 Å². The first-order valence-electron chi connectivity index (χ1n) is 8.25. The molecule has 2 aliphatic heterocycles. The molecule has 7 nitrogen and oxygen atoms in total. The maximum atomic E-state index is 12.4. The van der Waals surface area contributed by atoms with Crippen LogP contribution in [0.15, 0.2) is 24.5 Å². The first-order valence-corrected chi connectivity index (χ1v) is 8.25. The molecule has 1 aromatic rings. The number of aromatic nitrogens is 1. The molecule has 0 radical (unpaired) electrons. The minimum absolute atomic E-state index is 0.0380. The van der Waals surface area contributed by atoms with Crippen LogP contribution < -0.4 is 10.2 Å². The second-order valence-electron chi connectivity index (χ2n) is 6.56. The number of nitrogens with one attached hydrogen (secondary N) is 1. The van der Waals surface area contributed by atoms with E-state index in [1.165, 1.54) is 0 Å². The SMILES string of the molecule is CC1(CCC(=O)N2CCN(c3cccnc3)CC2)NC(=O)CC1=O. The molecule has 1 aromatic heterocycles. The number of piperazine rings is 1. The van der Waals surface area contributed by atoms with Crippen molar-refractivity contribution in [3.05, 3.63) is 24.5 Å². The average Bonchev–Trinajstić information content (AvgIpc) is 2.86. The lowest BCUT2D eigenvalue weighted by atomic mass is 9.92. The zero-order valence-corrected chi connectivity index (χ0v) is 13.8. The molecule has 0 aromatic carbocycles. The lowest BCUT2D eigenvalue weighted by molar-refractivity contribution is -0.132. The Morgan fingerprint density at radius 3 is 2.62 bits per heavy atom. The molecule has 2 amide bonds. The maximum Gasteiger partial charge on any atom is 0.228 e. The standard InChI is InChI=1S/C17H22N4O3/c1-17(14(22)11-15(23)19-17)5-4-16(24)21-9-7-20(8-10-21)13-3-2-6-18-12-13/h2-3,6,12H,4-5,7-11H2,1H3,(H,19,23). The summed E-state index contributed by atoms with van der Waals surface area (Å²) >= 11 is 0. The number of pyridine rings is 1. The number of carbonyl (C=O) groups is 3. The summed E-state index contributed by atoms with van der Waals surface area (Å²) in [7, 11) is 0. The van der Waals surface area contributed by atoms with Crippen LogP contribution in [0.4, 0.5) is 5.69 Å². The van der Waals surface area contributed by atoms with Gasteiger partial charge in [0.15, 0.2) is 5.78 Å². The second kappa shape index (κ2) is 6.59. The van der Waals surface area contributed by atoms with Gasteiger partial charge in [0.1, 0.15) is 0 Å². The van der Waals surface area contributed by atoms with Crippen molar-refractivity contribution < 1.29 is 14.4 Å². The van der Waals surface area contributed by atoms with Gasteiger partial charge >= 0.3 is 0 Å². The number of anilines is 1. The Morgan fingerprint density at radius 1 is 1.29 bits per heavy atom. The van der Waals surface area contributed by atoms with Crippen LogP contribution in [0.5, 0.6) is 0 Å². The van der Waals surface area contributed by atoms with E-state index < -0.39 is 5.54 Å². The minimum Gasteiger partial charge on any atom is -0.367 e. The summed E-state index contributed by atoms with van der Waals surface area (Å²) in [4.78, 5) is 43.8. The van der Waals surface area contributed by atoms with Gasteiger partial charge in [0.2, 0.25) is 11.8 Å². The molecule has 1 unspecified atom stereocenters.